The molecule has 0 aliphatic heterocycles. The van der Waals surface area contributed by atoms with E-state index >= 15 is 0 Å². The van der Waals surface area contributed by atoms with E-state index in [0.717, 1.165) is 5.52 Å². The van der Waals surface area contributed by atoms with Gasteiger partial charge in [-0.2, -0.15) is 0 Å². The number of benzene rings is 1. The molecule has 0 radical (unpaired) electrons. The Morgan fingerprint density at radius 1 is 1.42 bits per heavy atom. The molecular weight excluding hydrogens is 242 g/mol. The molecule has 0 bridgehead atoms. The van der Waals surface area contributed by atoms with Crippen molar-refractivity contribution >= 4 is 16.7 Å². The van der Waals surface area contributed by atoms with Crippen LogP contribution in [0.1, 0.15) is 6.92 Å². The summed E-state index contributed by atoms with van der Waals surface area (Å²) >= 11 is 0. The van der Waals surface area contributed by atoms with Crippen LogP contribution >= 0.6 is 0 Å². The molecule has 2 rings (SSSR count). The summed E-state index contributed by atoms with van der Waals surface area (Å²) < 4.78 is 5.45. The maximum atomic E-state index is 11.9. The van der Waals surface area contributed by atoms with Gasteiger partial charge in [0, 0.05) is 31.1 Å². The second-order valence-corrected chi connectivity index (χ2v) is 4.29. The van der Waals surface area contributed by atoms with E-state index in [-0.39, 0.29) is 11.5 Å². The number of hydrogen-bond acceptors (Lipinski definition) is 4. The summed E-state index contributed by atoms with van der Waals surface area (Å²) in [5.41, 5.74) is 6.42. The fourth-order valence-electron chi connectivity index (χ4n) is 1.96. The van der Waals surface area contributed by atoms with Crippen LogP contribution < -0.4 is 16.5 Å². The molecule has 102 valence electrons. The van der Waals surface area contributed by atoms with Gasteiger partial charge in [0.2, 0.25) is 0 Å². The van der Waals surface area contributed by atoms with Crippen LogP contribution in [0.15, 0.2) is 35.1 Å². The Hall–Kier alpha value is -1.85. The number of H-pyrrole nitrogens is 1. The van der Waals surface area contributed by atoms with Crippen molar-refractivity contribution in [2.45, 2.75) is 13.0 Å². The fourth-order valence-corrected chi connectivity index (χ4v) is 1.96. The second kappa shape index (κ2) is 6.36. The van der Waals surface area contributed by atoms with E-state index < -0.39 is 0 Å². The van der Waals surface area contributed by atoms with Crippen molar-refractivity contribution < 1.29 is 4.74 Å². The summed E-state index contributed by atoms with van der Waals surface area (Å²) in [6.45, 7) is 3.57. The first-order valence-corrected chi connectivity index (χ1v) is 6.42. The van der Waals surface area contributed by atoms with E-state index in [1.165, 1.54) is 0 Å². The highest BCUT2D eigenvalue weighted by molar-refractivity contribution is 5.79. The first kappa shape index (κ1) is 13.6. The van der Waals surface area contributed by atoms with Gasteiger partial charge in [-0.15, -0.1) is 0 Å². The molecule has 5 nitrogen and oxygen atoms in total. The summed E-state index contributed by atoms with van der Waals surface area (Å²) in [6.07, 6.45) is -0.0556. The van der Waals surface area contributed by atoms with Gasteiger partial charge in [-0.25, -0.2) is 0 Å². The molecule has 1 atom stereocenters. The summed E-state index contributed by atoms with van der Waals surface area (Å²) in [7, 11) is 0. The number of fused-ring (bicyclic) bond motifs is 1. The number of pyridine rings is 1. The van der Waals surface area contributed by atoms with Crippen LogP contribution in [0.25, 0.3) is 10.9 Å². The minimum Gasteiger partial charge on any atom is -0.375 e. The van der Waals surface area contributed by atoms with Crippen molar-refractivity contribution in [1.29, 1.82) is 0 Å². The molecule has 0 saturated heterocycles. The minimum absolute atomic E-state index is 0.00226. The Bertz CT molecular complexity index is 595. The third kappa shape index (κ3) is 3.33. The standard InChI is InChI=1S/C14H19N3O2/c1-2-19-10(8-15)9-16-14-7-13(18)11-5-3-4-6-12(11)17-14/h3-7,10H,2,8-9,15H2,1H3,(H2,16,17,18). The van der Waals surface area contributed by atoms with Crippen LogP contribution in [0.3, 0.4) is 0 Å². The first-order chi connectivity index (χ1) is 9.24. The molecule has 1 aromatic carbocycles. The zero-order valence-electron chi connectivity index (χ0n) is 11.0. The van der Waals surface area contributed by atoms with Gasteiger partial charge in [-0.05, 0) is 19.1 Å². The molecular formula is C14H19N3O2. The average molecular weight is 261 g/mol. The minimum atomic E-state index is -0.0556. The zero-order chi connectivity index (χ0) is 13.7. The largest absolute Gasteiger partial charge is 0.375 e. The molecule has 0 fully saturated rings. The molecule has 1 aromatic heterocycles. The molecule has 0 spiro atoms. The van der Waals surface area contributed by atoms with Gasteiger partial charge >= 0.3 is 0 Å². The van der Waals surface area contributed by atoms with E-state index in [2.05, 4.69) is 10.3 Å². The third-order valence-electron chi connectivity index (χ3n) is 2.92. The molecule has 0 amide bonds. The van der Waals surface area contributed by atoms with Crippen LogP contribution in [0.4, 0.5) is 5.82 Å². The fraction of sp³-hybridized carbons (Fsp3) is 0.357. The third-order valence-corrected chi connectivity index (χ3v) is 2.92. The molecule has 1 heterocycles. The van der Waals surface area contributed by atoms with Crippen LogP contribution in [0.2, 0.25) is 0 Å². The van der Waals surface area contributed by atoms with Gasteiger partial charge in [-0.3, -0.25) is 4.79 Å². The Kier molecular flexibility index (Phi) is 4.54. The van der Waals surface area contributed by atoms with Gasteiger partial charge in [0.25, 0.3) is 0 Å². The normalized spacial score (nSPS) is 12.5. The highest BCUT2D eigenvalue weighted by atomic mass is 16.5. The molecule has 2 aromatic rings. The van der Waals surface area contributed by atoms with E-state index in [1.54, 1.807) is 12.1 Å². The average Bonchev–Trinajstić information content (AvgIpc) is 2.43. The summed E-state index contributed by atoms with van der Waals surface area (Å²) in [6, 6.07) is 8.99. The van der Waals surface area contributed by atoms with E-state index in [4.69, 9.17) is 10.5 Å². The Morgan fingerprint density at radius 2 is 2.21 bits per heavy atom. The SMILES string of the molecule is CCOC(CN)CNc1cc(=O)c2ccccc2[nH]1. The monoisotopic (exact) mass is 261 g/mol. The van der Waals surface area contributed by atoms with Crippen molar-refractivity contribution in [3.8, 4) is 0 Å². The van der Waals surface area contributed by atoms with Crippen molar-refractivity contribution in [3.63, 3.8) is 0 Å². The van der Waals surface area contributed by atoms with Crippen LogP contribution in [0.5, 0.6) is 0 Å². The van der Waals surface area contributed by atoms with E-state index in [9.17, 15) is 4.79 Å². The van der Waals surface area contributed by atoms with Gasteiger partial charge in [-0.1, -0.05) is 12.1 Å². The van der Waals surface area contributed by atoms with E-state index in [1.807, 2.05) is 25.1 Å². The predicted octanol–water partition coefficient (Wildman–Crippen LogP) is 1.30. The van der Waals surface area contributed by atoms with Gasteiger partial charge in [0.1, 0.15) is 5.82 Å². The zero-order valence-corrected chi connectivity index (χ0v) is 11.0. The number of aromatic amines is 1. The number of rotatable bonds is 6. The number of nitrogens with two attached hydrogens (primary N) is 1. The first-order valence-electron chi connectivity index (χ1n) is 6.42. The number of para-hydroxylation sites is 1. The van der Waals surface area contributed by atoms with E-state index in [0.29, 0.717) is 30.9 Å². The Labute approximate surface area is 111 Å². The maximum Gasteiger partial charge on any atom is 0.191 e. The van der Waals surface area contributed by atoms with Crippen molar-refractivity contribution in [1.82, 2.24) is 4.98 Å². The maximum absolute atomic E-state index is 11.9. The van der Waals surface area contributed by atoms with Crippen LogP contribution in [0, 0.1) is 0 Å². The highest BCUT2D eigenvalue weighted by Crippen LogP contribution is 2.10. The van der Waals surface area contributed by atoms with Crippen LogP contribution in [-0.2, 0) is 4.74 Å². The number of nitrogens with one attached hydrogen (secondary N) is 2. The summed E-state index contributed by atoms with van der Waals surface area (Å²) in [4.78, 5) is 15.1. The number of hydrogen-bond donors (Lipinski definition) is 3. The summed E-state index contributed by atoms with van der Waals surface area (Å²) in [5, 5.41) is 3.84. The molecule has 0 saturated carbocycles. The lowest BCUT2D eigenvalue weighted by Crippen LogP contribution is -2.31. The summed E-state index contributed by atoms with van der Waals surface area (Å²) in [5.74, 6) is 0.682. The number of anilines is 1. The Balaban J connectivity index is 2.15. The second-order valence-electron chi connectivity index (χ2n) is 4.29. The van der Waals surface area contributed by atoms with Crippen LogP contribution in [-0.4, -0.2) is 30.8 Å². The quantitative estimate of drug-likeness (QED) is 0.732. The number of aromatic nitrogens is 1. The smallest absolute Gasteiger partial charge is 0.191 e. The van der Waals surface area contributed by atoms with Gasteiger partial charge in [0.15, 0.2) is 5.43 Å². The topological polar surface area (TPSA) is 80.1 Å². The van der Waals surface area contributed by atoms with Gasteiger partial charge < -0.3 is 20.8 Å². The predicted molar refractivity (Wildman–Crippen MR) is 77.5 cm³/mol. The molecule has 0 aliphatic rings. The lowest BCUT2D eigenvalue weighted by Gasteiger charge is -2.16. The Morgan fingerprint density at radius 3 is 2.95 bits per heavy atom. The highest BCUT2D eigenvalue weighted by Gasteiger charge is 2.06. The molecule has 1 unspecified atom stereocenters. The van der Waals surface area contributed by atoms with Crippen molar-refractivity contribution in [2.75, 3.05) is 25.0 Å². The lowest BCUT2D eigenvalue weighted by molar-refractivity contribution is 0.0781. The molecule has 4 N–H and O–H groups in total. The number of ether oxygens (including phenoxy) is 1. The van der Waals surface area contributed by atoms with Gasteiger partial charge in [0.05, 0.1) is 11.6 Å². The van der Waals surface area contributed by atoms with Crippen molar-refractivity contribution in [2.24, 2.45) is 5.73 Å². The molecule has 5 heteroatoms. The lowest BCUT2D eigenvalue weighted by atomic mass is 10.2. The molecule has 19 heavy (non-hydrogen) atoms. The van der Waals surface area contributed by atoms with Crippen molar-refractivity contribution in [3.05, 3.63) is 40.6 Å². The molecule has 0 aliphatic carbocycles.